The second-order valence-corrected chi connectivity index (χ2v) is 6.46. The summed E-state index contributed by atoms with van der Waals surface area (Å²) >= 11 is 0. The maximum absolute atomic E-state index is 13.6. The molecule has 0 saturated carbocycles. The highest BCUT2D eigenvalue weighted by atomic mass is 19.1. The molecule has 0 aliphatic rings. The zero-order valence-electron chi connectivity index (χ0n) is 15.3. The van der Waals surface area contributed by atoms with Gasteiger partial charge in [0.1, 0.15) is 11.9 Å². The monoisotopic (exact) mass is 371 g/mol. The molecule has 1 atom stereocenters. The number of ether oxygens (including phenoxy) is 1. The summed E-state index contributed by atoms with van der Waals surface area (Å²) in [5.41, 5.74) is 0.681. The molecular weight excluding hydrogens is 349 g/mol. The molecule has 0 radical (unpaired) electrons. The van der Waals surface area contributed by atoms with Crippen molar-refractivity contribution >= 4 is 17.7 Å². The summed E-state index contributed by atoms with van der Waals surface area (Å²) in [4.78, 5) is 36.5. The maximum atomic E-state index is 13.6. The van der Waals surface area contributed by atoms with Gasteiger partial charge in [0.25, 0.3) is 0 Å². The summed E-state index contributed by atoms with van der Waals surface area (Å²) < 4.78 is 18.6. The van der Waals surface area contributed by atoms with Gasteiger partial charge in [-0.3, -0.25) is 9.59 Å². The number of halogens is 1. The summed E-state index contributed by atoms with van der Waals surface area (Å²) in [5, 5.41) is 2.64. The lowest BCUT2D eigenvalue weighted by Crippen LogP contribution is -2.46. The molecule has 0 bridgehead atoms. The Labute approximate surface area is 157 Å². The van der Waals surface area contributed by atoms with Crippen LogP contribution in [0.4, 0.5) is 4.39 Å². The van der Waals surface area contributed by atoms with Crippen LogP contribution < -0.4 is 5.32 Å². The van der Waals surface area contributed by atoms with Gasteiger partial charge in [-0.05, 0) is 23.6 Å². The predicted molar refractivity (Wildman–Crippen MR) is 98.6 cm³/mol. The summed E-state index contributed by atoms with van der Waals surface area (Å²) in [6.07, 6.45) is 0.130. The van der Waals surface area contributed by atoms with Crippen molar-refractivity contribution in [2.24, 2.45) is 5.92 Å². The van der Waals surface area contributed by atoms with Crippen LogP contribution in [0.15, 0.2) is 54.6 Å². The van der Waals surface area contributed by atoms with E-state index < -0.39 is 30.2 Å². The summed E-state index contributed by atoms with van der Waals surface area (Å²) in [7, 11) is 0. The molecule has 0 aromatic heterocycles. The minimum Gasteiger partial charge on any atom is -0.456 e. The van der Waals surface area contributed by atoms with Gasteiger partial charge in [-0.2, -0.15) is 0 Å². The van der Waals surface area contributed by atoms with E-state index in [9.17, 15) is 18.8 Å². The van der Waals surface area contributed by atoms with E-state index in [1.165, 1.54) is 18.2 Å². The average Bonchev–Trinajstić information content (AvgIpc) is 2.65. The molecule has 2 aromatic rings. The molecule has 2 aromatic carbocycles. The Hall–Kier alpha value is -3.02. The van der Waals surface area contributed by atoms with Gasteiger partial charge in [-0.1, -0.05) is 56.3 Å². The minimum absolute atomic E-state index is 0.130. The van der Waals surface area contributed by atoms with Crippen LogP contribution in [-0.2, 0) is 20.7 Å². The number of esters is 1. The molecule has 5 nitrogen and oxygen atoms in total. The van der Waals surface area contributed by atoms with Crippen LogP contribution in [0.25, 0.3) is 0 Å². The molecule has 0 unspecified atom stereocenters. The van der Waals surface area contributed by atoms with Gasteiger partial charge in [0.2, 0.25) is 11.7 Å². The molecule has 0 spiro atoms. The molecule has 27 heavy (non-hydrogen) atoms. The topological polar surface area (TPSA) is 72.5 Å². The van der Waals surface area contributed by atoms with Crippen molar-refractivity contribution in [3.05, 3.63) is 71.5 Å². The Balaban J connectivity index is 1.93. The number of nitrogens with one attached hydrogen (secondary N) is 1. The van der Waals surface area contributed by atoms with Crippen molar-refractivity contribution in [3.63, 3.8) is 0 Å². The Morgan fingerprint density at radius 2 is 1.63 bits per heavy atom. The van der Waals surface area contributed by atoms with Gasteiger partial charge in [-0.15, -0.1) is 0 Å². The van der Waals surface area contributed by atoms with E-state index in [1.54, 1.807) is 13.8 Å². The van der Waals surface area contributed by atoms with Gasteiger partial charge in [0.05, 0.1) is 12.0 Å². The maximum Gasteiger partial charge on any atom is 0.329 e. The molecule has 6 heteroatoms. The highest BCUT2D eigenvalue weighted by Crippen LogP contribution is 2.09. The summed E-state index contributed by atoms with van der Waals surface area (Å²) in [6, 6.07) is 13.7. The number of hydrogen-bond acceptors (Lipinski definition) is 4. The van der Waals surface area contributed by atoms with Crippen molar-refractivity contribution < 1.29 is 23.5 Å². The van der Waals surface area contributed by atoms with Gasteiger partial charge in [0, 0.05) is 0 Å². The van der Waals surface area contributed by atoms with Crippen LogP contribution in [0.5, 0.6) is 0 Å². The van der Waals surface area contributed by atoms with Crippen molar-refractivity contribution in [2.45, 2.75) is 26.3 Å². The van der Waals surface area contributed by atoms with E-state index in [1.807, 2.05) is 30.3 Å². The number of carbonyl (C=O) groups is 3. The first-order chi connectivity index (χ1) is 12.9. The van der Waals surface area contributed by atoms with Crippen LogP contribution in [0.3, 0.4) is 0 Å². The van der Waals surface area contributed by atoms with Gasteiger partial charge < -0.3 is 10.1 Å². The number of hydrogen-bond donors (Lipinski definition) is 1. The highest BCUT2D eigenvalue weighted by molar-refractivity contribution is 5.98. The van der Waals surface area contributed by atoms with Crippen molar-refractivity contribution in [1.29, 1.82) is 0 Å². The van der Waals surface area contributed by atoms with E-state index in [4.69, 9.17) is 4.74 Å². The van der Waals surface area contributed by atoms with E-state index in [0.29, 0.717) is 0 Å². The smallest absolute Gasteiger partial charge is 0.329 e. The first kappa shape index (κ1) is 20.3. The largest absolute Gasteiger partial charge is 0.456 e. The van der Waals surface area contributed by atoms with E-state index in [0.717, 1.165) is 11.6 Å². The average molecular weight is 371 g/mol. The SMILES string of the molecule is CC(C)[C@H](NC(=O)Cc1ccccc1)C(=O)OCC(=O)c1ccccc1F. The number of benzene rings is 2. The molecule has 0 aliphatic heterocycles. The Morgan fingerprint density at radius 3 is 2.26 bits per heavy atom. The normalized spacial score (nSPS) is 11.7. The Morgan fingerprint density at radius 1 is 1.00 bits per heavy atom. The third-order valence-electron chi connectivity index (χ3n) is 3.96. The Kier molecular flexibility index (Phi) is 7.23. The molecular formula is C21H22FNO4. The molecule has 0 saturated heterocycles. The zero-order valence-corrected chi connectivity index (χ0v) is 15.3. The minimum atomic E-state index is -0.894. The van der Waals surface area contributed by atoms with Crippen molar-refractivity contribution in [2.75, 3.05) is 6.61 Å². The lowest BCUT2D eigenvalue weighted by molar-refractivity contribution is -0.148. The van der Waals surface area contributed by atoms with Crippen LogP contribution in [0.2, 0.25) is 0 Å². The van der Waals surface area contributed by atoms with Gasteiger partial charge in [-0.25, -0.2) is 9.18 Å². The van der Waals surface area contributed by atoms with Crippen molar-refractivity contribution in [1.82, 2.24) is 5.32 Å². The van der Waals surface area contributed by atoms with Crippen LogP contribution in [-0.4, -0.2) is 30.3 Å². The van der Waals surface area contributed by atoms with Gasteiger partial charge in [0.15, 0.2) is 6.61 Å². The fraction of sp³-hybridized carbons (Fsp3) is 0.286. The van der Waals surface area contributed by atoms with E-state index in [2.05, 4.69) is 5.32 Å². The lowest BCUT2D eigenvalue weighted by atomic mass is 10.0. The number of amides is 1. The first-order valence-corrected chi connectivity index (χ1v) is 8.66. The van der Waals surface area contributed by atoms with E-state index in [-0.39, 0.29) is 23.8 Å². The number of rotatable bonds is 8. The zero-order chi connectivity index (χ0) is 19.8. The molecule has 0 aliphatic carbocycles. The highest BCUT2D eigenvalue weighted by Gasteiger charge is 2.26. The second kappa shape index (κ2) is 9.62. The summed E-state index contributed by atoms with van der Waals surface area (Å²) in [5.74, 6) is -2.59. The molecule has 1 amide bonds. The lowest BCUT2D eigenvalue weighted by Gasteiger charge is -2.20. The predicted octanol–water partition coefficient (Wildman–Crippen LogP) is 2.94. The fourth-order valence-electron chi connectivity index (χ4n) is 2.50. The first-order valence-electron chi connectivity index (χ1n) is 8.66. The second-order valence-electron chi connectivity index (χ2n) is 6.46. The van der Waals surface area contributed by atoms with Crippen LogP contribution in [0, 0.1) is 11.7 Å². The molecule has 0 fully saturated rings. The molecule has 142 valence electrons. The molecule has 0 heterocycles. The van der Waals surface area contributed by atoms with Crippen molar-refractivity contribution in [3.8, 4) is 0 Å². The third-order valence-corrected chi connectivity index (χ3v) is 3.96. The number of ketones is 1. The Bertz CT molecular complexity index is 805. The quantitative estimate of drug-likeness (QED) is 0.572. The molecule has 1 N–H and O–H groups in total. The van der Waals surface area contributed by atoms with Gasteiger partial charge >= 0.3 is 5.97 Å². The van der Waals surface area contributed by atoms with Crippen LogP contribution in [0.1, 0.15) is 29.8 Å². The third kappa shape index (κ3) is 6.02. The van der Waals surface area contributed by atoms with Crippen LogP contribution >= 0.6 is 0 Å². The number of carbonyl (C=O) groups excluding carboxylic acids is 3. The summed E-state index contributed by atoms with van der Waals surface area (Å²) in [6.45, 7) is 2.93. The fourth-order valence-corrected chi connectivity index (χ4v) is 2.50. The van der Waals surface area contributed by atoms with E-state index >= 15 is 0 Å². The molecule has 2 rings (SSSR count). The standard InChI is InChI=1S/C21H22FNO4/c1-14(2)20(23-19(25)12-15-8-4-3-5-9-15)21(26)27-13-18(24)16-10-6-7-11-17(16)22/h3-11,14,20H,12-13H2,1-2H3,(H,23,25)/t20-/m0/s1. The number of Topliss-reactive ketones (excluding diaryl/α,β-unsaturated/α-hetero) is 1.